The van der Waals surface area contributed by atoms with Crippen LogP contribution in [0, 0.1) is 6.92 Å². The second-order valence-corrected chi connectivity index (χ2v) is 6.92. The third-order valence-electron chi connectivity index (χ3n) is 2.64. The number of nitrogens with zero attached hydrogens (tertiary/aromatic N) is 1. The zero-order valence-corrected chi connectivity index (χ0v) is 13.0. The van der Waals surface area contributed by atoms with Gasteiger partial charge in [0.25, 0.3) is 0 Å². The molecule has 0 atom stereocenters. The largest absolute Gasteiger partial charge is 0.357 e. The second kappa shape index (κ2) is 4.99. The fourth-order valence-electron chi connectivity index (χ4n) is 1.71. The van der Waals surface area contributed by atoms with E-state index in [0.29, 0.717) is 0 Å². The number of fused-ring (bicyclic) bond motifs is 1. The summed E-state index contributed by atoms with van der Waals surface area (Å²) in [7, 11) is 0. The number of anilines is 1. The topological polar surface area (TPSA) is 24.9 Å². The molecule has 18 heavy (non-hydrogen) atoms. The molecule has 3 rings (SSSR count). The molecule has 0 saturated heterocycles. The van der Waals surface area contributed by atoms with Crippen LogP contribution in [0.5, 0.6) is 0 Å². The monoisotopic (exact) mass is 338 g/mol. The lowest BCUT2D eigenvalue weighted by Gasteiger charge is -1.99. The molecule has 0 unspecified atom stereocenters. The van der Waals surface area contributed by atoms with Crippen molar-refractivity contribution >= 4 is 54.0 Å². The molecule has 2 heterocycles. The summed E-state index contributed by atoms with van der Waals surface area (Å²) < 4.78 is 2.40. The first-order chi connectivity index (χ1) is 8.72. The molecule has 0 radical (unpaired) electrons. The lowest BCUT2D eigenvalue weighted by atomic mass is 10.2. The van der Waals surface area contributed by atoms with Crippen molar-refractivity contribution in [2.45, 2.75) is 13.5 Å². The van der Waals surface area contributed by atoms with Gasteiger partial charge in [-0.3, -0.25) is 0 Å². The van der Waals surface area contributed by atoms with Crippen LogP contribution in [0.15, 0.2) is 34.1 Å². The van der Waals surface area contributed by atoms with Gasteiger partial charge in [-0.15, -0.1) is 11.3 Å². The maximum atomic E-state index is 4.58. The van der Waals surface area contributed by atoms with Gasteiger partial charge in [0.2, 0.25) is 0 Å². The molecule has 1 N–H and O–H groups in total. The average Bonchev–Trinajstić information content (AvgIpc) is 2.92. The SMILES string of the molecule is Cc1ccc2nc(NCc3sccc3Br)sc2c1. The molecule has 2 aromatic heterocycles. The number of hydrogen-bond donors (Lipinski definition) is 1. The Hall–Kier alpha value is -0.910. The standard InChI is InChI=1S/C13H11BrN2S2/c1-8-2-3-10-11(6-8)18-13(16-10)15-7-12-9(14)4-5-17-12/h2-6H,7H2,1H3,(H,15,16). The number of aromatic nitrogens is 1. The highest BCUT2D eigenvalue weighted by Crippen LogP contribution is 2.28. The summed E-state index contributed by atoms with van der Waals surface area (Å²) in [5, 5.41) is 6.45. The van der Waals surface area contributed by atoms with Crippen LogP contribution in [-0.2, 0) is 6.54 Å². The first-order valence-electron chi connectivity index (χ1n) is 5.55. The summed E-state index contributed by atoms with van der Waals surface area (Å²) in [6.07, 6.45) is 0. The van der Waals surface area contributed by atoms with Gasteiger partial charge in [-0.1, -0.05) is 17.4 Å². The summed E-state index contributed by atoms with van der Waals surface area (Å²) in [6.45, 7) is 2.92. The molecule has 2 nitrogen and oxygen atoms in total. The van der Waals surface area contributed by atoms with E-state index in [1.807, 2.05) is 0 Å². The highest BCUT2D eigenvalue weighted by atomic mass is 79.9. The van der Waals surface area contributed by atoms with Crippen molar-refractivity contribution in [1.82, 2.24) is 4.98 Å². The zero-order chi connectivity index (χ0) is 12.5. The normalized spacial score (nSPS) is 11.0. The van der Waals surface area contributed by atoms with Crippen molar-refractivity contribution in [2.75, 3.05) is 5.32 Å². The van der Waals surface area contributed by atoms with Crippen molar-refractivity contribution in [3.63, 3.8) is 0 Å². The first-order valence-corrected chi connectivity index (χ1v) is 8.04. The molecule has 0 spiro atoms. The highest BCUT2D eigenvalue weighted by molar-refractivity contribution is 9.10. The van der Waals surface area contributed by atoms with Crippen LogP contribution in [0.2, 0.25) is 0 Å². The van der Waals surface area contributed by atoms with Gasteiger partial charge in [-0.2, -0.15) is 0 Å². The van der Waals surface area contributed by atoms with Crippen molar-refractivity contribution < 1.29 is 0 Å². The maximum absolute atomic E-state index is 4.58. The van der Waals surface area contributed by atoms with Crippen molar-refractivity contribution in [2.24, 2.45) is 0 Å². The van der Waals surface area contributed by atoms with Crippen LogP contribution in [0.3, 0.4) is 0 Å². The van der Waals surface area contributed by atoms with Gasteiger partial charge in [-0.05, 0) is 52.0 Å². The quantitative estimate of drug-likeness (QED) is 0.723. The number of hydrogen-bond acceptors (Lipinski definition) is 4. The average molecular weight is 339 g/mol. The van der Waals surface area contributed by atoms with Gasteiger partial charge in [0.15, 0.2) is 5.13 Å². The van der Waals surface area contributed by atoms with E-state index in [0.717, 1.165) is 21.7 Å². The van der Waals surface area contributed by atoms with E-state index in [9.17, 15) is 0 Å². The molecular weight excluding hydrogens is 328 g/mol. The molecule has 1 aromatic carbocycles. The molecule has 5 heteroatoms. The maximum Gasteiger partial charge on any atom is 0.184 e. The lowest BCUT2D eigenvalue weighted by molar-refractivity contribution is 1.17. The van der Waals surface area contributed by atoms with E-state index in [2.05, 4.69) is 62.8 Å². The van der Waals surface area contributed by atoms with Crippen molar-refractivity contribution in [3.05, 3.63) is 44.6 Å². The van der Waals surface area contributed by atoms with E-state index in [1.54, 1.807) is 22.7 Å². The Morgan fingerprint density at radius 3 is 3.00 bits per heavy atom. The Morgan fingerprint density at radius 2 is 2.22 bits per heavy atom. The molecule has 0 aliphatic rings. The number of rotatable bonds is 3. The summed E-state index contributed by atoms with van der Waals surface area (Å²) in [5.41, 5.74) is 2.34. The van der Waals surface area contributed by atoms with Crippen molar-refractivity contribution in [3.8, 4) is 0 Å². The van der Waals surface area contributed by atoms with E-state index in [4.69, 9.17) is 0 Å². The van der Waals surface area contributed by atoms with E-state index >= 15 is 0 Å². The Morgan fingerprint density at radius 1 is 1.33 bits per heavy atom. The molecule has 0 fully saturated rings. The Bertz CT molecular complexity index is 687. The number of nitrogens with one attached hydrogen (secondary N) is 1. The van der Waals surface area contributed by atoms with Crippen LogP contribution in [0.4, 0.5) is 5.13 Å². The van der Waals surface area contributed by atoms with Crippen LogP contribution < -0.4 is 5.32 Å². The second-order valence-electron chi connectivity index (χ2n) is 4.04. The molecule has 0 bridgehead atoms. The Balaban J connectivity index is 1.81. The van der Waals surface area contributed by atoms with Gasteiger partial charge in [0.05, 0.1) is 16.8 Å². The highest BCUT2D eigenvalue weighted by Gasteiger charge is 2.05. The number of thiophene rings is 1. The summed E-state index contributed by atoms with van der Waals surface area (Å²) in [6, 6.07) is 8.43. The molecule has 0 aliphatic heterocycles. The summed E-state index contributed by atoms with van der Waals surface area (Å²) in [5.74, 6) is 0. The molecule has 92 valence electrons. The van der Waals surface area contributed by atoms with Crippen molar-refractivity contribution in [1.29, 1.82) is 0 Å². The van der Waals surface area contributed by atoms with Gasteiger partial charge in [0.1, 0.15) is 0 Å². The lowest BCUT2D eigenvalue weighted by Crippen LogP contribution is -1.96. The van der Waals surface area contributed by atoms with Gasteiger partial charge >= 0.3 is 0 Å². The van der Waals surface area contributed by atoms with Crippen LogP contribution in [0.25, 0.3) is 10.2 Å². The summed E-state index contributed by atoms with van der Waals surface area (Å²) in [4.78, 5) is 5.88. The smallest absolute Gasteiger partial charge is 0.184 e. The number of benzene rings is 1. The molecule has 0 saturated carbocycles. The number of aryl methyl sites for hydroxylation is 1. The first kappa shape index (κ1) is 12.1. The minimum Gasteiger partial charge on any atom is -0.357 e. The minimum absolute atomic E-state index is 0.817. The summed E-state index contributed by atoms with van der Waals surface area (Å²) >= 11 is 6.99. The molecular formula is C13H11BrN2S2. The van der Waals surface area contributed by atoms with E-state index in [1.165, 1.54) is 15.1 Å². The Labute approximate surface area is 122 Å². The van der Waals surface area contributed by atoms with E-state index < -0.39 is 0 Å². The zero-order valence-electron chi connectivity index (χ0n) is 9.74. The molecule has 0 aliphatic carbocycles. The van der Waals surface area contributed by atoms with Crippen LogP contribution in [-0.4, -0.2) is 4.98 Å². The van der Waals surface area contributed by atoms with Gasteiger partial charge in [-0.25, -0.2) is 4.98 Å². The fourth-order valence-corrected chi connectivity index (χ4v) is 4.11. The number of halogens is 1. The van der Waals surface area contributed by atoms with Gasteiger partial charge in [0, 0.05) is 9.35 Å². The predicted molar refractivity (Wildman–Crippen MR) is 83.7 cm³/mol. The third kappa shape index (κ3) is 2.43. The number of thiazole rings is 1. The minimum atomic E-state index is 0.817. The fraction of sp³-hybridized carbons (Fsp3) is 0.154. The van der Waals surface area contributed by atoms with Crippen LogP contribution >= 0.6 is 38.6 Å². The molecule has 3 aromatic rings. The van der Waals surface area contributed by atoms with E-state index in [-0.39, 0.29) is 0 Å². The third-order valence-corrected chi connectivity index (χ3v) is 5.54. The van der Waals surface area contributed by atoms with Gasteiger partial charge < -0.3 is 5.32 Å². The van der Waals surface area contributed by atoms with Crippen LogP contribution in [0.1, 0.15) is 10.4 Å². The Kier molecular flexibility index (Phi) is 3.37. The molecule has 0 amide bonds. The predicted octanol–water partition coefficient (Wildman–Crippen LogP) is 5.04.